The molecule has 0 spiro atoms. The highest BCUT2D eigenvalue weighted by Gasteiger charge is 2.29. The number of likely N-dealkylation sites (tertiary alicyclic amines) is 1. The van der Waals surface area contributed by atoms with Crippen LogP contribution in [0.3, 0.4) is 0 Å². The van der Waals surface area contributed by atoms with E-state index in [9.17, 15) is 14.3 Å². The molecule has 2 aromatic carbocycles. The molecule has 24 heavy (non-hydrogen) atoms. The first kappa shape index (κ1) is 16.6. The number of carbonyl (C=O) groups excluding carboxylic acids is 1. The highest BCUT2D eigenvalue weighted by molar-refractivity contribution is 5.95. The average molecular weight is 328 g/mol. The van der Waals surface area contributed by atoms with Crippen molar-refractivity contribution >= 4 is 5.91 Å². The van der Waals surface area contributed by atoms with Crippen molar-refractivity contribution in [1.82, 2.24) is 10.2 Å². The third kappa shape index (κ3) is 3.63. The molecule has 2 atom stereocenters. The van der Waals surface area contributed by atoms with Crippen LogP contribution >= 0.6 is 0 Å². The van der Waals surface area contributed by atoms with Crippen molar-refractivity contribution in [3.63, 3.8) is 0 Å². The van der Waals surface area contributed by atoms with Gasteiger partial charge in [0, 0.05) is 24.2 Å². The number of benzene rings is 2. The summed E-state index contributed by atoms with van der Waals surface area (Å²) in [5, 5.41) is 12.3. The fourth-order valence-electron chi connectivity index (χ4n) is 3.15. The Labute approximate surface area is 140 Å². The lowest BCUT2D eigenvalue weighted by Gasteiger charge is -2.15. The number of aliphatic hydroxyl groups excluding tert-OH is 1. The second-order valence-electron chi connectivity index (χ2n) is 6.27. The second-order valence-corrected chi connectivity index (χ2v) is 6.27. The molecule has 5 heteroatoms. The molecule has 1 saturated heterocycles. The predicted octanol–water partition coefficient (Wildman–Crippen LogP) is 2.29. The molecular weight excluding hydrogens is 307 g/mol. The molecule has 0 unspecified atom stereocenters. The van der Waals surface area contributed by atoms with Crippen LogP contribution in [0.5, 0.6) is 0 Å². The SMILES string of the molecule is CN1C[C@H](NC(=O)c2cccc(-c3ccc(F)cc3)c2)C[C@H]1CO. The molecule has 0 aromatic heterocycles. The van der Waals surface area contributed by atoms with E-state index in [2.05, 4.69) is 10.2 Å². The molecule has 1 amide bonds. The molecule has 4 nitrogen and oxygen atoms in total. The molecule has 2 N–H and O–H groups in total. The fourth-order valence-corrected chi connectivity index (χ4v) is 3.15. The molecule has 1 aliphatic rings. The maximum atomic E-state index is 13.0. The van der Waals surface area contributed by atoms with Crippen molar-refractivity contribution < 1.29 is 14.3 Å². The van der Waals surface area contributed by atoms with Gasteiger partial charge in [0.1, 0.15) is 5.82 Å². The van der Waals surface area contributed by atoms with E-state index >= 15 is 0 Å². The van der Waals surface area contributed by atoms with Gasteiger partial charge in [-0.3, -0.25) is 9.69 Å². The summed E-state index contributed by atoms with van der Waals surface area (Å²) in [5.41, 5.74) is 2.32. The Morgan fingerprint density at radius 3 is 2.67 bits per heavy atom. The largest absolute Gasteiger partial charge is 0.395 e. The van der Waals surface area contributed by atoms with Gasteiger partial charge in [-0.05, 0) is 48.9 Å². The molecule has 1 fully saturated rings. The summed E-state index contributed by atoms with van der Waals surface area (Å²) in [6.07, 6.45) is 0.746. The molecule has 1 heterocycles. The summed E-state index contributed by atoms with van der Waals surface area (Å²) in [7, 11) is 1.95. The van der Waals surface area contributed by atoms with E-state index in [1.54, 1.807) is 18.2 Å². The Bertz CT molecular complexity index is 718. The fraction of sp³-hybridized carbons (Fsp3) is 0.316. The van der Waals surface area contributed by atoms with Crippen LogP contribution in [0.15, 0.2) is 48.5 Å². The normalized spacial score (nSPS) is 21.0. The Hall–Kier alpha value is -2.24. The van der Waals surface area contributed by atoms with Crippen molar-refractivity contribution in [2.24, 2.45) is 0 Å². The number of aliphatic hydroxyl groups is 1. The lowest BCUT2D eigenvalue weighted by molar-refractivity contribution is 0.0938. The van der Waals surface area contributed by atoms with E-state index in [1.165, 1.54) is 12.1 Å². The molecule has 0 saturated carbocycles. The summed E-state index contributed by atoms with van der Waals surface area (Å²) in [6.45, 7) is 0.831. The van der Waals surface area contributed by atoms with Crippen LogP contribution in [0.25, 0.3) is 11.1 Å². The molecule has 0 bridgehead atoms. The van der Waals surface area contributed by atoms with Crippen molar-refractivity contribution in [3.8, 4) is 11.1 Å². The number of amides is 1. The quantitative estimate of drug-likeness (QED) is 0.905. The summed E-state index contributed by atoms with van der Waals surface area (Å²) in [5.74, 6) is -0.410. The number of halogens is 1. The number of rotatable bonds is 4. The monoisotopic (exact) mass is 328 g/mol. The second kappa shape index (κ2) is 7.11. The molecule has 3 rings (SSSR count). The topological polar surface area (TPSA) is 52.6 Å². The lowest BCUT2D eigenvalue weighted by Crippen LogP contribution is -2.36. The highest BCUT2D eigenvalue weighted by atomic mass is 19.1. The van der Waals surface area contributed by atoms with Crippen LogP contribution in [-0.2, 0) is 0 Å². The molecule has 126 valence electrons. The zero-order chi connectivity index (χ0) is 17.1. The number of likely N-dealkylation sites (N-methyl/N-ethyl adjacent to an activating group) is 1. The zero-order valence-electron chi connectivity index (χ0n) is 13.6. The number of nitrogens with one attached hydrogen (secondary N) is 1. The molecule has 2 aromatic rings. The van der Waals surface area contributed by atoms with Crippen LogP contribution in [0.4, 0.5) is 4.39 Å². The van der Waals surface area contributed by atoms with Crippen LogP contribution in [0, 0.1) is 5.82 Å². The van der Waals surface area contributed by atoms with Crippen LogP contribution < -0.4 is 5.32 Å². The van der Waals surface area contributed by atoms with Gasteiger partial charge in [-0.25, -0.2) is 4.39 Å². The van der Waals surface area contributed by atoms with Gasteiger partial charge in [0.05, 0.1) is 6.61 Å². The molecule has 1 aliphatic heterocycles. The average Bonchev–Trinajstić information content (AvgIpc) is 2.95. The lowest BCUT2D eigenvalue weighted by atomic mass is 10.0. The van der Waals surface area contributed by atoms with Crippen LogP contribution in [-0.4, -0.2) is 48.2 Å². The molecular formula is C19H21FN2O2. The van der Waals surface area contributed by atoms with Crippen molar-refractivity contribution in [3.05, 3.63) is 59.9 Å². The van der Waals surface area contributed by atoms with Crippen molar-refractivity contribution in [1.29, 1.82) is 0 Å². The first-order chi connectivity index (χ1) is 11.6. The van der Waals surface area contributed by atoms with E-state index in [0.29, 0.717) is 5.56 Å². The third-order valence-electron chi connectivity index (χ3n) is 4.54. The molecule has 0 radical (unpaired) electrons. The number of carbonyl (C=O) groups is 1. The molecule has 0 aliphatic carbocycles. The summed E-state index contributed by atoms with van der Waals surface area (Å²) < 4.78 is 13.0. The van der Waals surface area contributed by atoms with Gasteiger partial charge in [-0.2, -0.15) is 0 Å². The minimum Gasteiger partial charge on any atom is -0.395 e. The van der Waals surface area contributed by atoms with Crippen molar-refractivity contribution in [2.75, 3.05) is 20.2 Å². The van der Waals surface area contributed by atoms with Crippen molar-refractivity contribution in [2.45, 2.75) is 18.5 Å². The van der Waals surface area contributed by atoms with Crippen LogP contribution in [0.1, 0.15) is 16.8 Å². The van der Waals surface area contributed by atoms with Gasteiger partial charge in [0.2, 0.25) is 0 Å². The first-order valence-corrected chi connectivity index (χ1v) is 8.05. The summed E-state index contributed by atoms with van der Waals surface area (Å²) in [6, 6.07) is 13.6. The smallest absolute Gasteiger partial charge is 0.251 e. The van der Waals surface area contributed by atoms with Gasteiger partial charge >= 0.3 is 0 Å². The van der Waals surface area contributed by atoms with E-state index in [4.69, 9.17) is 0 Å². The van der Waals surface area contributed by atoms with E-state index in [-0.39, 0.29) is 30.4 Å². The summed E-state index contributed by atoms with van der Waals surface area (Å²) in [4.78, 5) is 14.5. The zero-order valence-corrected chi connectivity index (χ0v) is 13.6. The van der Waals surface area contributed by atoms with E-state index in [0.717, 1.165) is 24.1 Å². The van der Waals surface area contributed by atoms with Gasteiger partial charge in [0.15, 0.2) is 0 Å². The third-order valence-corrected chi connectivity index (χ3v) is 4.54. The number of nitrogens with zero attached hydrogens (tertiary/aromatic N) is 1. The van der Waals surface area contributed by atoms with Gasteiger partial charge in [0.25, 0.3) is 5.91 Å². The number of hydrogen-bond donors (Lipinski definition) is 2. The minimum absolute atomic E-state index is 0.0362. The highest BCUT2D eigenvalue weighted by Crippen LogP contribution is 2.21. The predicted molar refractivity (Wildman–Crippen MR) is 91.2 cm³/mol. The maximum Gasteiger partial charge on any atom is 0.251 e. The standard InChI is InChI=1S/C19H21FN2O2/c1-22-11-17(10-18(22)12-23)21-19(24)15-4-2-3-14(9-15)13-5-7-16(20)8-6-13/h2-9,17-18,23H,10-12H2,1H3,(H,21,24)/t17-,18+/m1/s1. The Kier molecular flexibility index (Phi) is 4.92. The Balaban J connectivity index is 1.72. The van der Waals surface area contributed by atoms with E-state index in [1.807, 2.05) is 25.2 Å². The number of hydrogen-bond acceptors (Lipinski definition) is 3. The van der Waals surface area contributed by atoms with E-state index < -0.39 is 0 Å². The minimum atomic E-state index is -0.281. The Morgan fingerprint density at radius 1 is 1.25 bits per heavy atom. The van der Waals surface area contributed by atoms with Gasteiger partial charge in [-0.15, -0.1) is 0 Å². The Morgan fingerprint density at radius 2 is 2.00 bits per heavy atom. The van der Waals surface area contributed by atoms with Crippen LogP contribution in [0.2, 0.25) is 0 Å². The maximum absolute atomic E-state index is 13.0. The summed E-state index contributed by atoms with van der Waals surface area (Å²) >= 11 is 0. The first-order valence-electron chi connectivity index (χ1n) is 8.05. The van der Waals surface area contributed by atoms with Gasteiger partial charge in [-0.1, -0.05) is 24.3 Å². The van der Waals surface area contributed by atoms with Gasteiger partial charge < -0.3 is 10.4 Å².